The molecule has 1 aliphatic heterocycles. The van der Waals surface area contributed by atoms with Gasteiger partial charge in [-0.3, -0.25) is 0 Å². The highest BCUT2D eigenvalue weighted by atomic mass is 32.1. The Hall–Kier alpha value is -1.20. The topological polar surface area (TPSA) is 41.1 Å². The number of likely N-dealkylation sites (tertiary alicyclic amines) is 1. The normalized spacial score (nSPS) is 19.4. The van der Waals surface area contributed by atoms with Gasteiger partial charge in [0.1, 0.15) is 16.5 Å². The lowest BCUT2D eigenvalue weighted by Gasteiger charge is -2.18. The van der Waals surface area contributed by atoms with Gasteiger partial charge in [-0.1, -0.05) is 13.8 Å². The van der Waals surface area contributed by atoms with Crippen molar-refractivity contribution in [2.75, 3.05) is 31.5 Å². The Labute approximate surface area is 137 Å². The molecule has 1 N–H and O–H groups in total. The van der Waals surface area contributed by atoms with Crippen LogP contribution in [0.25, 0.3) is 10.2 Å². The number of fused-ring (bicyclic) bond motifs is 1. The quantitative estimate of drug-likeness (QED) is 0.912. The van der Waals surface area contributed by atoms with Crippen molar-refractivity contribution in [1.29, 1.82) is 0 Å². The molecule has 120 valence electrons. The smallest absolute Gasteiger partial charge is 0.138 e. The molecule has 1 atom stereocenters. The molecule has 5 heteroatoms. The van der Waals surface area contributed by atoms with Crippen molar-refractivity contribution in [2.45, 2.75) is 34.1 Å². The van der Waals surface area contributed by atoms with Crippen molar-refractivity contribution in [1.82, 2.24) is 14.9 Å². The van der Waals surface area contributed by atoms with Crippen LogP contribution in [0.5, 0.6) is 0 Å². The van der Waals surface area contributed by atoms with E-state index in [-0.39, 0.29) is 0 Å². The summed E-state index contributed by atoms with van der Waals surface area (Å²) in [6.07, 6.45) is 1.29. The number of hydrogen-bond donors (Lipinski definition) is 1. The van der Waals surface area contributed by atoms with E-state index in [0.717, 1.165) is 34.9 Å². The van der Waals surface area contributed by atoms with E-state index in [0.29, 0.717) is 0 Å². The van der Waals surface area contributed by atoms with Gasteiger partial charge in [-0.25, -0.2) is 9.97 Å². The zero-order valence-electron chi connectivity index (χ0n) is 14.0. The molecule has 22 heavy (non-hydrogen) atoms. The molecule has 0 bridgehead atoms. The fraction of sp³-hybridized carbons (Fsp3) is 0.647. The van der Waals surface area contributed by atoms with Crippen molar-refractivity contribution in [3.63, 3.8) is 0 Å². The average molecular weight is 318 g/mol. The van der Waals surface area contributed by atoms with Gasteiger partial charge in [0.05, 0.1) is 5.39 Å². The number of rotatable bonds is 5. The lowest BCUT2D eigenvalue weighted by Crippen LogP contribution is -2.26. The molecule has 3 heterocycles. The van der Waals surface area contributed by atoms with Crippen LogP contribution >= 0.6 is 11.3 Å². The van der Waals surface area contributed by atoms with Crippen LogP contribution in [0.1, 0.15) is 31.7 Å². The van der Waals surface area contributed by atoms with Gasteiger partial charge in [-0.05, 0) is 49.6 Å². The van der Waals surface area contributed by atoms with Crippen molar-refractivity contribution >= 4 is 27.4 Å². The van der Waals surface area contributed by atoms with E-state index >= 15 is 0 Å². The van der Waals surface area contributed by atoms with E-state index in [1.54, 1.807) is 11.3 Å². The summed E-state index contributed by atoms with van der Waals surface area (Å²) < 4.78 is 0. The van der Waals surface area contributed by atoms with Gasteiger partial charge in [0.2, 0.25) is 0 Å². The number of nitrogens with zero attached hydrogens (tertiary/aromatic N) is 3. The minimum Gasteiger partial charge on any atom is -0.369 e. The fourth-order valence-corrected chi connectivity index (χ4v) is 4.29. The third-order valence-electron chi connectivity index (χ3n) is 4.28. The third kappa shape index (κ3) is 3.41. The predicted octanol–water partition coefficient (Wildman–Crippen LogP) is 3.70. The molecule has 4 nitrogen and oxygen atoms in total. The first-order valence-electron chi connectivity index (χ1n) is 8.21. The molecular formula is C17H26N4S. The SMILES string of the molecule is Cc1nc(NCC2CCN(CC(C)C)C2)c2c(C)csc2n1. The van der Waals surface area contributed by atoms with Crippen LogP contribution in [0.3, 0.4) is 0 Å². The van der Waals surface area contributed by atoms with Crippen LogP contribution in [0, 0.1) is 25.7 Å². The second kappa shape index (κ2) is 6.50. The van der Waals surface area contributed by atoms with E-state index in [2.05, 4.69) is 46.3 Å². The molecule has 1 saturated heterocycles. The summed E-state index contributed by atoms with van der Waals surface area (Å²) in [6.45, 7) is 13.4. The minimum atomic E-state index is 0.725. The van der Waals surface area contributed by atoms with Gasteiger partial charge in [0.15, 0.2) is 0 Å². The van der Waals surface area contributed by atoms with Gasteiger partial charge in [0.25, 0.3) is 0 Å². The lowest BCUT2D eigenvalue weighted by molar-refractivity contribution is 0.289. The molecular weight excluding hydrogens is 292 g/mol. The van der Waals surface area contributed by atoms with Gasteiger partial charge in [-0.2, -0.15) is 0 Å². The molecule has 1 unspecified atom stereocenters. The van der Waals surface area contributed by atoms with E-state index in [1.165, 1.54) is 37.0 Å². The Bertz CT molecular complexity index is 649. The summed E-state index contributed by atoms with van der Waals surface area (Å²) >= 11 is 1.71. The summed E-state index contributed by atoms with van der Waals surface area (Å²) in [5.74, 6) is 3.35. The first-order chi connectivity index (χ1) is 10.5. The number of aromatic nitrogens is 2. The standard InChI is InChI=1S/C17H26N4S/c1-11(2)8-21-6-5-14(9-21)7-18-16-15-12(3)10-22-17(15)20-13(4)19-16/h10-11,14H,5-9H2,1-4H3,(H,18,19,20). The van der Waals surface area contributed by atoms with Crippen molar-refractivity contribution in [3.05, 3.63) is 16.8 Å². The molecule has 2 aromatic heterocycles. The monoisotopic (exact) mass is 318 g/mol. The number of aryl methyl sites for hydroxylation is 2. The summed E-state index contributed by atoms with van der Waals surface area (Å²) in [6, 6.07) is 0. The van der Waals surface area contributed by atoms with Crippen LogP contribution in [-0.4, -0.2) is 41.0 Å². The second-order valence-corrected chi connectivity index (χ2v) is 7.77. The van der Waals surface area contributed by atoms with Gasteiger partial charge in [-0.15, -0.1) is 11.3 Å². The van der Waals surface area contributed by atoms with E-state index in [1.807, 2.05) is 6.92 Å². The van der Waals surface area contributed by atoms with Crippen LogP contribution in [-0.2, 0) is 0 Å². The number of thiophene rings is 1. The Morgan fingerprint density at radius 1 is 1.36 bits per heavy atom. The lowest BCUT2D eigenvalue weighted by atomic mass is 10.1. The zero-order chi connectivity index (χ0) is 15.7. The maximum Gasteiger partial charge on any atom is 0.138 e. The number of anilines is 1. The molecule has 2 aromatic rings. The van der Waals surface area contributed by atoms with E-state index in [4.69, 9.17) is 0 Å². The molecule has 0 aliphatic carbocycles. The van der Waals surface area contributed by atoms with Crippen molar-refractivity contribution in [2.24, 2.45) is 11.8 Å². The number of nitrogens with one attached hydrogen (secondary N) is 1. The third-order valence-corrected chi connectivity index (χ3v) is 5.27. The molecule has 1 aliphatic rings. The van der Waals surface area contributed by atoms with Crippen molar-refractivity contribution in [3.8, 4) is 0 Å². The molecule has 0 spiro atoms. The van der Waals surface area contributed by atoms with E-state index < -0.39 is 0 Å². The van der Waals surface area contributed by atoms with E-state index in [9.17, 15) is 0 Å². The maximum absolute atomic E-state index is 4.63. The molecule has 0 aromatic carbocycles. The Morgan fingerprint density at radius 2 is 2.18 bits per heavy atom. The minimum absolute atomic E-state index is 0.725. The summed E-state index contributed by atoms with van der Waals surface area (Å²) in [5.41, 5.74) is 1.27. The fourth-order valence-electron chi connectivity index (χ4n) is 3.32. The van der Waals surface area contributed by atoms with Gasteiger partial charge < -0.3 is 10.2 Å². The Kier molecular flexibility index (Phi) is 4.64. The molecule has 1 fully saturated rings. The highest BCUT2D eigenvalue weighted by Crippen LogP contribution is 2.29. The summed E-state index contributed by atoms with van der Waals surface area (Å²) in [5, 5.41) is 6.97. The van der Waals surface area contributed by atoms with Crippen LogP contribution in [0.15, 0.2) is 5.38 Å². The van der Waals surface area contributed by atoms with Crippen molar-refractivity contribution < 1.29 is 0 Å². The number of hydrogen-bond acceptors (Lipinski definition) is 5. The van der Waals surface area contributed by atoms with Gasteiger partial charge in [0, 0.05) is 19.6 Å². The largest absolute Gasteiger partial charge is 0.369 e. The Balaban J connectivity index is 1.66. The van der Waals surface area contributed by atoms with Crippen LogP contribution < -0.4 is 5.32 Å². The van der Waals surface area contributed by atoms with Crippen LogP contribution in [0.4, 0.5) is 5.82 Å². The predicted molar refractivity (Wildman–Crippen MR) is 94.8 cm³/mol. The molecule has 0 radical (unpaired) electrons. The zero-order valence-corrected chi connectivity index (χ0v) is 14.8. The maximum atomic E-state index is 4.63. The first-order valence-corrected chi connectivity index (χ1v) is 9.09. The van der Waals surface area contributed by atoms with Crippen LogP contribution in [0.2, 0.25) is 0 Å². The van der Waals surface area contributed by atoms with Gasteiger partial charge >= 0.3 is 0 Å². The molecule has 0 amide bonds. The summed E-state index contributed by atoms with van der Waals surface area (Å²) in [7, 11) is 0. The average Bonchev–Trinajstić information content (AvgIpc) is 3.03. The second-order valence-electron chi connectivity index (χ2n) is 6.91. The summed E-state index contributed by atoms with van der Waals surface area (Å²) in [4.78, 5) is 12.9. The highest BCUT2D eigenvalue weighted by Gasteiger charge is 2.23. The molecule has 3 rings (SSSR count). The Morgan fingerprint density at radius 3 is 2.95 bits per heavy atom. The molecule has 0 saturated carbocycles. The highest BCUT2D eigenvalue weighted by molar-refractivity contribution is 7.17. The first kappa shape index (κ1) is 15.7.